The van der Waals surface area contributed by atoms with Crippen molar-refractivity contribution in [3.63, 3.8) is 0 Å². The van der Waals surface area contributed by atoms with E-state index in [1.165, 1.54) is 30.3 Å². The molecule has 0 saturated heterocycles. The molecule has 0 amide bonds. The SMILES string of the molecule is CCOP(=O)(Cc1ccc(-c2noc(C(F)(F)F)n2)cc1)Nc1ccccc1F. The molecule has 1 heterocycles. The topological polar surface area (TPSA) is 77.2 Å². The van der Waals surface area contributed by atoms with Crippen LogP contribution in [0.1, 0.15) is 18.4 Å². The summed E-state index contributed by atoms with van der Waals surface area (Å²) in [5.41, 5.74) is 0.905. The Balaban J connectivity index is 1.78. The maximum atomic E-state index is 13.9. The number of nitrogens with one attached hydrogen (secondary N) is 1. The molecule has 1 aromatic heterocycles. The van der Waals surface area contributed by atoms with Crippen LogP contribution in [0.2, 0.25) is 0 Å². The number of halogens is 4. The Hall–Kier alpha value is -2.71. The first-order valence-electron chi connectivity index (χ1n) is 8.47. The molecule has 154 valence electrons. The third kappa shape index (κ3) is 5.21. The largest absolute Gasteiger partial charge is 0.471 e. The van der Waals surface area contributed by atoms with Gasteiger partial charge in [0.1, 0.15) is 5.82 Å². The van der Waals surface area contributed by atoms with E-state index >= 15 is 0 Å². The van der Waals surface area contributed by atoms with Gasteiger partial charge in [-0.1, -0.05) is 41.6 Å². The highest BCUT2D eigenvalue weighted by Gasteiger charge is 2.38. The molecule has 11 heteroatoms. The van der Waals surface area contributed by atoms with Gasteiger partial charge in [0.05, 0.1) is 18.5 Å². The smallest absolute Gasteiger partial charge is 0.329 e. The van der Waals surface area contributed by atoms with Gasteiger partial charge in [0.2, 0.25) is 5.82 Å². The molecule has 0 radical (unpaired) electrons. The van der Waals surface area contributed by atoms with Crippen LogP contribution >= 0.6 is 7.52 Å². The third-order valence-corrected chi connectivity index (χ3v) is 5.81. The molecule has 1 atom stereocenters. The summed E-state index contributed by atoms with van der Waals surface area (Å²) >= 11 is 0. The standard InChI is InChI=1S/C18H16F4N3O3P/c1-2-27-29(26,25-15-6-4-3-5-14(15)19)11-12-7-9-13(10-8-12)16-23-17(28-24-16)18(20,21)22/h3-10H,2,11H2,1H3,(H,25,26). The molecule has 6 nitrogen and oxygen atoms in total. The number of nitrogens with zero attached hydrogens (tertiary/aromatic N) is 2. The van der Waals surface area contributed by atoms with Crippen LogP contribution in [0.3, 0.4) is 0 Å². The lowest BCUT2D eigenvalue weighted by atomic mass is 10.1. The molecule has 0 aliphatic carbocycles. The highest BCUT2D eigenvalue weighted by Crippen LogP contribution is 2.50. The van der Waals surface area contributed by atoms with Crippen molar-refractivity contribution in [2.24, 2.45) is 0 Å². The molecule has 0 bridgehead atoms. The lowest BCUT2D eigenvalue weighted by molar-refractivity contribution is -0.159. The molecule has 0 spiro atoms. The summed E-state index contributed by atoms with van der Waals surface area (Å²) in [7, 11) is -3.48. The monoisotopic (exact) mass is 429 g/mol. The van der Waals surface area contributed by atoms with Gasteiger partial charge in [0.25, 0.3) is 7.52 Å². The normalized spacial score (nSPS) is 13.8. The van der Waals surface area contributed by atoms with Gasteiger partial charge in [-0.2, -0.15) is 18.2 Å². The summed E-state index contributed by atoms with van der Waals surface area (Å²) in [4.78, 5) is 3.31. The number of anilines is 1. The zero-order valence-corrected chi connectivity index (χ0v) is 16.0. The molecule has 0 aliphatic rings. The molecule has 3 aromatic rings. The minimum Gasteiger partial charge on any atom is -0.329 e. The fourth-order valence-electron chi connectivity index (χ4n) is 2.52. The second kappa shape index (κ2) is 8.34. The van der Waals surface area contributed by atoms with E-state index in [0.29, 0.717) is 11.1 Å². The minimum absolute atomic E-state index is 0.0485. The second-order valence-electron chi connectivity index (χ2n) is 5.96. The summed E-state index contributed by atoms with van der Waals surface area (Å²) in [5.74, 6) is -2.23. The van der Waals surface area contributed by atoms with E-state index in [4.69, 9.17) is 4.52 Å². The highest BCUT2D eigenvalue weighted by molar-refractivity contribution is 7.59. The zero-order valence-electron chi connectivity index (χ0n) is 15.1. The minimum atomic E-state index is -4.73. The first-order valence-corrected chi connectivity index (χ1v) is 10.3. The fourth-order valence-corrected chi connectivity index (χ4v) is 4.41. The molecular formula is C18H16F4N3O3P. The van der Waals surface area contributed by atoms with Crippen molar-refractivity contribution in [3.8, 4) is 11.4 Å². The van der Waals surface area contributed by atoms with Crippen molar-refractivity contribution in [2.75, 3.05) is 11.7 Å². The van der Waals surface area contributed by atoms with E-state index in [9.17, 15) is 22.1 Å². The molecule has 29 heavy (non-hydrogen) atoms. The summed E-state index contributed by atoms with van der Waals surface area (Å²) in [6.45, 7) is 1.80. The first-order chi connectivity index (χ1) is 13.7. The number of rotatable bonds is 7. The first kappa shape index (κ1) is 21.0. The van der Waals surface area contributed by atoms with Crippen LogP contribution in [0.25, 0.3) is 11.4 Å². The van der Waals surface area contributed by atoms with Gasteiger partial charge in [-0.25, -0.2) is 4.39 Å². The predicted molar refractivity (Wildman–Crippen MR) is 97.7 cm³/mol. The number of hydrogen-bond donors (Lipinski definition) is 1. The van der Waals surface area contributed by atoms with E-state index < -0.39 is 25.4 Å². The molecule has 0 saturated carbocycles. The van der Waals surface area contributed by atoms with Crippen molar-refractivity contribution in [1.29, 1.82) is 0 Å². The third-order valence-electron chi connectivity index (χ3n) is 3.77. The van der Waals surface area contributed by atoms with Crippen LogP contribution in [0.4, 0.5) is 23.2 Å². The van der Waals surface area contributed by atoms with E-state index in [0.717, 1.165) is 0 Å². The fraction of sp³-hybridized carbons (Fsp3) is 0.222. The van der Waals surface area contributed by atoms with Crippen LogP contribution in [0, 0.1) is 5.82 Å². The van der Waals surface area contributed by atoms with Gasteiger partial charge in [-0.05, 0) is 24.6 Å². The van der Waals surface area contributed by atoms with Crippen LogP contribution < -0.4 is 5.09 Å². The van der Waals surface area contributed by atoms with Crippen molar-refractivity contribution in [3.05, 3.63) is 65.8 Å². The Labute approximate surface area is 163 Å². The quantitative estimate of drug-likeness (QED) is 0.382. The molecular weight excluding hydrogens is 413 g/mol. The van der Waals surface area contributed by atoms with Crippen molar-refractivity contribution >= 4 is 13.2 Å². The Bertz CT molecular complexity index is 1020. The van der Waals surface area contributed by atoms with Crippen LogP contribution in [-0.2, 0) is 21.4 Å². The molecule has 1 N–H and O–H groups in total. The summed E-state index contributed by atoms with van der Waals surface area (Å²) in [6, 6.07) is 11.8. The Morgan fingerprint density at radius 1 is 1.14 bits per heavy atom. The van der Waals surface area contributed by atoms with Gasteiger partial charge in [-0.15, -0.1) is 0 Å². The predicted octanol–water partition coefficient (Wildman–Crippen LogP) is 5.74. The van der Waals surface area contributed by atoms with Crippen LogP contribution in [0.5, 0.6) is 0 Å². The zero-order chi connectivity index (χ0) is 21.1. The lowest BCUT2D eigenvalue weighted by Gasteiger charge is -2.20. The maximum Gasteiger partial charge on any atom is 0.471 e. The van der Waals surface area contributed by atoms with E-state index in [2.05, 4.69) is 19.8 Å². The number of aromatic nitrogens is 2. The van der Waals surface area contributed by atoms with Crippen LogP contribution in [-0.4, -0.2) is 16.7 Å². The second-order valence-corrected chi connectivity index (χ2v) is 8.10. The Morgan fingerprint density at radius 2 is 1.83 bits per heavy atom. The molecule has 0 aliphatic heterocycles. The van der Waals surface area contributed by atoms with Crippen LogP contribution in [0.15, 0.2) is 53.1 Å². The Kier molecular flexibility index (Phi) is 6.04. The average molecular weight is 429 g/mol. The summed E-state index contributed by atoms with van der Waals surface area (Å²) in [5, 5.41) is 5.95. The van der Waals surface area contributed by atoms with Gasteiger partial charge >= 0.3 is 12.1 Å². The van der Waals surface area contributed by atoms with Gasteiger partial charge in [-0.3, -0.25) is 4.57 Å². The van der Waals surface area contributed by atoms with E-state index in [-0.39, 0.29) is 24.3 Å². The van der Waals surface area contributed by atoms with Crippen molar-refractivity contribution in [2.45, 2.75) is 19.3 Å². The molecule has 1 unspecified atom stereocenters. The van der Waals surface area contributed by atoms with E-state index in [1.54, 1.807) is 25.1 Å². The number of hydrogen-bond acceptors (Lipinski definition) is 5. The van der Waals surface area contributed by atoms with E-state index in [1.807, 2.05) is 0 Å². The molecule has 2 aromatic carbocycles. The molecule has 3 rings (SSSR count). The molecule has 0 fully saturated rings. The number of benzene rings is 2. The van der Waals surface area contributed by atoms with Gasteiger partial charge in [0.15, 0.2) is 0 Å². The van der Waals surface area contributed by atoms with Crippen molar-refractivity contribution in [1.82, 2.24) is 10.1 Å². The average Bonchev–Trinajstić information content (AvgIpc) is 3.15. The Morgan fingerprint density at radius 3 is 2.41 bits per heavy atom. The lowest BCUT2D eigenvalue weighted by Crippen LogP contribution is -2.05. The van der Waals surface area contributed by atoms with Gasteiger partial charge in [0, 0.05) is 5.56 Å². The summed E-state index contributed by atoms with van der Waals surface area (Å²) in [6.07, 6.45) is -4.79. The summed E-state index contributed by atoms with van der Waals surface area (Å²) < 4.78 is 74.3. The highest BCUT2D eigenvalue weighted by atomic mass is 31.2. The van der Waals surface area contributed by atoms with Gasteiger partial charge < -0.3 is 14.1 Å². The number of alkyl halides is 3. The maximum absolute atomic E-state index is 13.9. The number of para-hydroxylation sites is 1. The van der Waals surface area contributed by atoms with Crippen molar-refractivity contribution < 1.29 is 31.2 Å².